The van der Waals surface area contributed by atoms with Crippen LogP contribution < -0.4 is 14.9 Å². The molecule has 6 nitrogen and oxygen atoms in total. The molecule has 0 aliphatic heterocycles. The highest BCUT2D eigenvalue weighted by Gasteiger charge is 2.19. The zero-order chi connectivity index (χ0) is 23.9. The largest absolute Gasteiger partial charge is 0.490 e. The summed E-state index contributed by atoms with van der Waals surface area (Å²) in [7, 11) is 0. The first kappa shape index (κ1) is 23.2. The highest BCUT2D eigenvalue weighted by atomic mass is 35.5. The van der Waals surface area contributed by atoms with Crippen molar-refractivity contribution >= 4 is 51.1 Å². The molecule has 34 heavy (non-hydrogen) atoms. The van der Waals surface area contributed by atoms with Gasteiger partial charge >= 0.3 is 5.97 Å². The molecule has 0 atom stereocenters. The lowest BCUT2D eigenvalue weighted by molar-refractivity contribution is 0.0740. The Kier molecular flexibility index (Phi) is 7.37. The predicted molar refractivity (Wildman–Crippen MR) is 135 cm³/mol. The molecule has 0 saturated carbocycles. The number of fused-ring (bicyclic) bond motifs is 1. The average Bonchev–Trinajstić information content (AvgIpc) is 3.20. The van der Waals surface area contributed by atoms with Crippen molar-refractivity contribution in [2.45, 2.75) is 0 Å². The van der Waals surface area contributed by atoms with E-state index < -0.39 is 5.97 Å². The molecular formula is C26H19ClN2O4S. The van der Waals surface area contributed by atoms with Crippen molar-refractivity contribution in [1.82, 2.24) is 5.43 Å². The van der Waals surface area contributed by atoms with Crippen molar-refractivity contribution in [3.05, 3.63) is 106 Å². The Labute approximate surface area is 205 Å². The highest BCUT2D eigenvalue weighted by molar-refractivity contribution is 7.21. The summed E-state index contributed by atoms with van der Waals surface area (Å²) < 4.78 is 11.8. The predicted octanol–water partition coefficient (Wildman–Crippen LogP) is 6.10. The second-order valence-electron chi connectivity index (χ2n) is 7.03. The monoisotopic (exact) mass is 490 g/mol. The van der Waals surface area contributed by atoms with Gasteiger partial charge in [-0.3, -0.25) is 4.79 Å². The molecular weight excluding hydrogens is 472 g/mol. The van der Waals surface area contributed by atoms with Crippen molar-refractivity contribution < 1.29 is 19.1 Å². The Bertz CT molecular complexity index is 1380. The first-order valence-corrected chi connectivity index (χ1v) is 11.4. The first-order valence-electron chi connectivity index (χ1n) is 10.2. The minimum absolute atomic E-state index is 0.337. The lowest BCUT2D eigenvalue weighted by atomic mass is 10.2. The average molecular weight is 491 g/mol. The Morgan fingerprint density at radius 2 is 1.82 bits per heavy atom. The van der Waals surface area contributed by atoms with Crippen molar-refractivity contribution in [3.63, 3.8) is 0 Å². The van der Waals surface area contributed by atoms with Gasteiger partial charge in [0.15, 0.2) is 0 Å². The highest BCUT2D eigenvalue weighted by Crippen LogP contribution is 2.35. The summed E-state index contributed by atoms with van der Waals surface area (Å²) in [4.78, 5) is 25.3. The number of hydrogen-bond acceptors (Lipinski definition) is 6. The number of nitrogens with zero attached hydrogens (tertiary/aromatic N) is 1. The second-order valence-corrected chi connectivity index (χ2v) is 8.46. The number of thiophene rings is 1. The van der Waals surface area contributed by atoms with Crippen LogP contribution in [0.3, 0.4) is 0 Å². The Hall–Kier alpha value is -3.94. The summed E-state index contributed by atoms with van der Waals surface area (Å²) in [6, 6.07) is 21.0. The first-order chi connectivity index (χ1) is 16.5. The van der Waals surface area contributed by atoms with Gasteiger partial charge in [0.05, 0.1) is 11.2 Å². The number of ether oxygens (including phenoxy) is 2. The van der Waals surface area contributed by atoms with Crippen LogP contribution in [0.5, 0.6) is 11.5 Å². The zero-order valence-corrected chi connectivity index (χ0v) is 19.4. The van der Waals surface area contributed by atoms with Crippen molar-refractivity contribution in [2.75, 3.05) is 6.61 Å². The fraction of sp³-hybridized carbons (Fsp3) is 0.0385. The van der Waals surface area contributed by atoms with Crippen LogP contribution in [0.4, 0.5) is 0 Å². The van der Waals surface area contributed by atoms with Crippen LogP contribution in [0.2, 0.25) is 5.02 Å². The number of carbonyl (C=O) groups is 2. The number of hydrogen-bond donors (Lipinski definition) is 1. The van der Waals surface area contributed by atoms with E-state index in [2.05, 4.69) is 17.1 Å². The van der Waals surface area contributed by atoms with Gasteiger partial charge in [-0.2, -0.15) is 5.10 Å². The lowest BCUT2D eigenvalue weighted by Gasteiger charge is -2.05. The fourth-order valence-electron chi connectivity index (χ4n) is 3.04. The third kappa shape index (κ3) is 5.51. The smallest absolute Gasteiger partial charge is 0.355 e. The van der Waals surface area contributed by atoms with E-state index >= 15 is 0 Å². The fourth-order valence-corrected chi connectivity index (χ4v) is 4.43. The van der Waals surface area contributed by atoms with E-state index in [1.54, 1.807) is 54.6 Å². The summed E-state index contributed by atoms with van der Waals surface area (Å²) in [6.45, 7) is 3.98. The normalized spacial score (nSPS) is 10.9. The molecule has 0 aliphatic carbocycles. The molecule has 1 N–H and O–H groups in total. The number of halogens is 1. The summed E-state index contributed by atoms with van der Waals surface area (Å²) in [5.74, 6) is 0.0785. The number of esters is 1. The molecule has 1 heterocycles. The topological polar surface area (TPSA) is 77.0 Å². The summed E-state index contributed by atoms with van der Waals surface area (Å²) in [5.41, 5.74) is 3.54. The third-order valence-corrected chi connectivity index (χ3v) is 6.31. The second kappa shape index (κ2) is 10.8. The molecule has 4 aromatic rings. The number of hydrazone groups is 1. The number of rotatable bonds is 8. The van der Waals surface area contributed by atoms with Gasteiger partial charge in [0, 0.05) is 15.6 Å². The maximum absolute atomic E-state index is 12.7. The van der Waals surface area contributed by atoms with Crippen molar-refractivity contribution in [3.8, 4) is 11.5 Å². The molecule has 0 fully saturated rings. The number of benzene rings is 3. The van der Waals surface area contributed by atoms with Crippen LogP contribution in [0, 0.1) is 0 Å². The molecule has 3 aromatic carbocycles. The van der Waals surface area contributed by atoms with Gasteiger partial charge < -0.3 is 9.47 Å². The van der Waals surface area contributed by atoms with E-state index in [1.807, 2.05) is 24.3 Å². The van der Waals surface area contributed by atoms with Gasteiger partial charge in [-0.25, -0.2) is 10.2 Å². The number of amides is 1. The SMILES string of the molecule is C=CCOc1ccc(C(=O)NN=Cc2cccc(OC(=O)c3sc4ccccc4c3Cl)c2)cc1. The standard InChI is InChI=1S/C26H19ClN2O4S/c1-2-14-32-19-12-10-18(11-13-19)25(30)29-28-16-17-6-5-7-20(15-17)33-26(31)24-23(27)21-8-3-4-9-22(21)34-24/h2-13,15-16H,1,14H2,(H,29,30). The van der Waals surface area contributed by atoms with E-state index in [0.29, 0.717) is 39.1 Å². The summed E-state index contributed by atoms with van der Waals surface area (Å²) in [6.07, 6.45) is 3.10. The molecule has 0 bridgehead atoms. The quantitative estimate of drug-likeness (QED) is 0.106. The van der Waals surface area contributed by atoms with Crippen molar-refractivity contribution in [2.24, 2.45) is 5.10 Å². The Morgan fingerprint density at radius 1 is 1.03 bits per heavy atom. The molecule has 0 radical (unpaired) electrons. The van der Waals surface area contributed by atoms with Gasteiger partial charge in [-0.05, 0) is 48.0 Å². The molecule has 0 saturated heterocycles. The van der Waals surface area contributed by atoms with Gasteiger partial charge in [-0.1, -0.05) is 54.6 Å². The van der Waals surface area contributed by atoms with E-state index in [-0.39, 0.29) is 5.91 Å². The summed E-state index contributed by atoms with van der Waals surface area (Å²) >= 11 is 7.65. The minimum atomic E-state index is -0.533. The molecule has 1 amide bonds. The Morgan fingerprint density at radius 3 is 2.59 bits per heavy atom. The number of nitrogens with one attached hydrogen (secondary N) is 1. The van der Waals surface area contributed by atoms with Gasteiger partial charge in [0.2, 0.25) is 0 Å². The van der Waals surface area contributed by atoms with E-state index in [9.17, 15) is 9.59 Å². The molecule has 170 valence electrons. The van der Waals surface area contributed by atoms with E-state index in [4.69, 9.17) is 21.1 Å². The maximum atomic E-state index is 12.7. The maximum Gasteiger partial charge on any atom is 0.355 e. The van der Waals surface area contributed by atoms with Crippen LogP contribution in [0.25, 0.3) is 10.1 Å². The molecule has 0 aliphatic rings. The van der Waals surface area contributed by atoms with E-state index in [0.717, 1.165) is 10.1 Å². The number of carbonyl (C=O) groups excluding carboxylic acids is 2. The minimum Gasteiger partial charge on any atom is -0.490 e. The third-order valence-electron chi connectivity index (χ3n) is 4.65. The molecule has 0 spiro atoms. The molecule has 8 heteroatoms. The van der Waals surface area contributed by atoms with E-state index in [1.165, 1.54) is 17.6 Å². The Balaban J connectivity index is 1.38. The van der Waals surface area contributed by atoms with Gasteiger partial charge in [0.25, 0.3) is 5.91 Å². The zero-order valence-electron chi connectivity index (χ0n) is 17.9. The van der Waals surface area contributed by atoms with Gasteiger partial charge in [0.1, 0.15) is 23.0 Å². The van der Waals surface area contributed by atoms with Crippen LogP contribution in [0.15, 0.2) is 90.6 Å². The van der Waals surface area contributed by atoms with Crippen LogP contribution in [-0.2, 0) is 0 Å². The molecule has 1 aromatic heterocycles. The molecule has 0 unspecified atom stereocenters. The molecule has 4 rings (SSSR count). The summed E-state index contributed by atoms with van der Waals surface area (Å²) in [5, 5.41) is 5.18. The van der Waals surface area contributed by atoms with Crippen LogP contribution in [0.1, 0.15) is 25.6 Å². The van der Waals surface area contributed by atoms with Gasteiger partial charge in [-0.15, -0.1) is 11.3 Å². The lowest BCUT2D eigenvalue weighted by Crippen LogP contribution is -2.17. The van der Waals surface area contributed by atoms with Crippen LogP contribution >= 0.6 is 22.9 Å². The van der Waals surface area contributed by atoms with Crippen LogP contribution in [-0.4, -0.2) is 24.7 Å². The van der Waals surface area contributed by atoms with Crippen molar-refractivity contribution in [1.29, 1.82) is 0 Å².